The van der Waals surface area contributed by atoms with E-state index < -0.39 is 0 Å². The van der Waals surface area contributed by atoms with E-state index in [1.54, 1.807) is 18.6 Å². The highest BCUT2D eigenvalue weighted by Gasteiger charge is 2.13. The van der Waals surface area contributed by atoms with Crippen molar-refractivity contribution in [2.75, 3.05) is 44.8 Å². The smallest absolute Gasteiger partial charge is 0.259 e. The number of hydrogen-bond acceptors (Lipinski definition) is 7. The van der Waals surface area contributed by atoms with E-state index in [1.807, 2.05) is 49.4 Å². The second-order valence-corrected chi connectivity index (χ2v) is 8.33. The lowest BCUT2D eigenvalue weighted by atomic mass is 10.1. The Kier molecular flexibility index (Phi) is 6.51. The van der Waals surface area contributed by atoms with Crippen LogP contribution < -0.4 is 15.6 Å². The van der Waals surface area contributed by atoms with Crippen molar-refractivity contribution >= 4 is 22.3 Å². The number of aromatic nitrogens is 3. The Morgan fingerprint density at radius 3 is 2.74 bits per heavy atom. The van der Waals surface area contributed by atoms with Crippen molar-refractivity contribution in [3.8, 4) is 17.0 Å². The number of aromatic amines is 1. The molecule has 0 bridgehead atoms. The zero-order chi connectivity index (χ0) is 23.3. The van der Waals surface area contributed by atoms with Crippen LogP contribution in [0.1, 0.15) is 5.56 Å². The highest BCUT2D eigenvalue weighted by Crippen LogP contribution is 2.28. The van der Waals surface area contributed by atoms with Gasteiger partial charge in [0, 0.05) is 49.5 Å². The van der Waals surface area contributed by atoms with Crippen LogP contribution in [0, 0.1) is 6.92 Å². The van der Waals surface area contributed by atoms with E-state index in [1.165, 1.54) is 0 Å². The summed E-state index contributed by atoms with van der Waals surface area (Å²) in [5, 5.41) is 4.64. The number of morpholine rings is 1. The fourth-order valence-electron chi connectivity index (χ4n) is 4.04. The van der Waals surface area contributed by atoms with E-state index in [0.29, 0.717) is 17.8 Å². The molecule has 0 spiro atoms. The number of nitrogens with one attached hydrogen (secondary N) is 2. The van der Waals surface area contributed by atoms with Gasteiger partial charge < -0.3 is 19.8 Å². The summed E-state index contributed by atoms with van der Waals surface area (Å²) < 4.78 is 11.3. The van der Waals surface area contributed by atoms with Crippen LogP contribution in [0.25, 0.3) is 22.0 Å². The molecule has 0 atom stereocenters. The lowest BCUT2D eigenvalue weighted by Crippen LogP contribution is -2.38. The quantitative estimate of drug-likeness (QED) is 0.437. The third-order valence-corrected chi connectivity index (χ3v) is 5.82. The molecule has 174 valence electrons. The van der Waals surface area contributed by atoms with Gasteiger partial charge in [-0.15, -0.1) is 0 Å². The van der Waals surface area contributed by atoms with Crippen molar-refractivity contribution in [1.82, 2.24) is 19.9 Å². The molecule has 1 saturated heterocycles. The van der Waals surface area contributed by atoms with Crippen LogP contribution >= 0.6 is 0 Å². The van der Waals surface area contributed by atoms with E-state index in [4.69, 9.17) is 14.5 Å². The average molecular weight is 458 g/mol. The van der Waals surface area contributed by atoms with Crippen molar-refractivity contribution in [3.63, 3.8) is 0 Å². The van der Waals surface area contributed by atoms with E-state index >= 15 is 0 Å². The molecule has 0 radical (unpaired) electrons. The molecule has 0 saturated carbocycles. The molecular formula is C26H27N5O3. The summed E-state index contributed by atoms with van der Waals surface area (Å²) in [6.07, 6.45) is 5.23. The zero-order valence-corrected chi connectivity index (χ0v) is 19.1. The molecule has 1 fully saturated rings. The fraction of sp³-hybridized carbons (Fsp3) is 0.269. The van der Waals surface area contributed by atoms with Gasteiger partial charge in [0.15, 0.2) is 0 Å². The third-order valence-electron chi connectivity index (χ3n) is 5.82. The van der Waals surface area contributed by atoms with Crippen molar-refractivity contribution in [1.29, 1.82) is 0 Å². The number of rotatable bonds is 7. The van der Waals surface area contributed by atoms with Gasteiger partial charge >= 0.3 is 0 Å². The first-order valence-electron chi connectivity index (χ1n) is 11.4. The number of aryl methyl sites for hydroxylation is 1. The van der Waals surface area contributed by atoms with Gasteiger partial charge in [-0.2, -0.15) is 0 Å². The van der Waals surface area contributed by atoms with Crippen molar-refractivity contribution in [2.24, 2.45) is 0 Å². The van der Waals surface area contributed by atoms with Crippen LogP contribution in [-0.4, -0.2) is 59.3 Å². The summed E-state index contributed by atoms with van der Waals surface area (Å²) in [5.74, 6) is 1.30. The fourth-order valence-corrected chi connectivity index (χ4v) is 4.04. The molecule has 1 aliphatic rings. The van der Waals surface area contributed by atoms with Crippen LogP contribution in [0.2, 0.25) is 0 Å². The standard InChI is InChI=1S/C26H27N5O3/c1-18-14-20(17-27-16-18)23-15-19-6-7-28-26(32)24(19)25(30-23)29-21-2-4-22(5-3-21)34-13-10-31-8-11-33-12-9-31/h2-7,14-17H,8-13H2,1H3,(H,28,32)(H,29,30). The Balaban J connectivity index is 1.36. The Hall–Kier alpha value is -3.75. The van der Waals surface area contributed by atoms with Gasteiger partial charge in [0.2, 0.25) is 0 Å². The van der Waals surface area contributed by atoms with Crippen LogP contribution in [0.15, 0.2) is 65.8 Å². The van der Waals surface area contributed by atoms with Crippen molar-refractivity contribution < 1.29 is 9.47 Å². The Labute approximate surface area is 197 Å². The summed E-state index contributed by atoms with van der Waals surface area (Å²) in [6.45, 7) is 6.96. The van der Waals surface area contributed by atoms with Gasteiger partial charge in [-0.25, -0.2) is 4.98 Å². The van der Waals surface area contributed by atoms with Gasteiger partial charge in [0.1, 0.15) is 18.2 Å². The lowest BCUT2D eigenvalue weighted by molar-refractivity contribution is 0.0322. The molecule has 8 heteroatoms. The van der Waals surface area contributed by atoms with E-state index in [-0.39, 0.29) is 5.56 Å². The number of ether oxygens (including phenoxy) is 2. The Bertz CT molecular complexity index is 1330. The predicted molar refractivity (Wildman–Crippen MR) is 133 cm³/mol. The monoisotopic (exact) mass is 457 g/mol. The molecule has 8 nitrogen and oxygen atoms in total. The van der Waals surface area contributed by atoms with E-state index in [0.717, 1.165) is 66.5 Å². The number of fused-ring (bicyclic) bond motifs is 1. The lowest BCUT2D eigenvalue weighted by Gasteiger charge is -2.26. The van der Waals surface area contributed by atoms with Gasteiger partial charge in [0.05, 0.1) is 24.3 Å². The van der Waals surface area contributed by atoms with Gasteiger partial charge in [-0.05, 0) is 60.3 Å². The van der Waals surface area contributed by atoms with E-state index in [9.17, 15) is 4.79 Å². The van der Waals surface area contributed by atoms with Crippen LogP contribution in [0.5, 0.6) is 5.75 Å². The molecule has 3 aromatic heterocycles. The molecule has 0 aliphatic carbocycles. The Morgan fingerprint density at radius 1 is 1.12 bits per heavy atom. The molecule has 2 N–H and O–H groups in total. The second kappa shape index (κ2) is 10.0. The van der Waals surface area contributed by atoms with Crippen molar-refractivity contribution in [3.05, 3.63) is 77.0 Å². The van der Waals surface area contributed by atoms with Crippen LogP contribution in [0.3, 0.4) is 0 Å². The number of pyridine rings is 3. The number of nitrogens with zero attached hydrogens (tertiary/aromatic N) is 3. The molecular weight excluding hydrogens is 430 g/mol. The number of H-pyrrole nitrogens is 1. The summed E-state index contributed by atoms with van der Waals surface area (Å²) >= 11 is 0. The highest BCUT2D eigenvalue weighted by molar-refractivity contribution is 5.95. The zero-order valence-electron chi connectivity index (χ0n) is 19.1. The number of benzene rings is 1. The molecule has 0 unspecified atom stereocenters. The minimum Gasteiger partial charge on any atom is -0.492 e. The molecule has 4 aromatic rings. The highest BCUT2D eigenvalue weighted by atomic mass is 16.5. The third kappa shape index (κ3) is 5.08. The first kappa shape index (κ1) is 22.1. The summed E-state index contributed by atoms with van der Waals surface area (Å²) in [5.41, 5.74) is 3.32. The molecule has 1 aliphatic heterocycles. The summed E-state index contributed by atoms with van der Waals surface area (Å²) in [4.78, 5) is 26.8. The van der Waals surface area contributed by atoms with E-state index in [2.05, 4.69) is 20.2 Å². The summed E-state index contributed by atoms with van der Waals surface area (Å²) in [7, 11) is 0. The largest absolute Gasteiger partial charge is 0.492 e. The maximum Gasteiger partial charge on any atom is 0.259 e. The molecule has 1 aromatic carbocycles. The SMILES string of the molecule is Cc1cncc(-c2cc3cc[nH]c(=O)c3c(Nc3ccc(OCCN4CCOCC4)cc3)n2)c1. The number of hydrogen-bond donors (Lipinski definition) is 2. The van der Waals surface area contributed by atoms with Crippen molar-refractivity contribution in [2.45, 2.75) is 6.92 Å². The first-order valence-corrected chi connectivity index (χ1v) is 11.4. The normalized spacial score (nSPS) is 14.3. The summed E-state index contributed by atoms with van der Waals surface area (Å²) in [6, 6.07) is 13.5. The number of anilines is 2. The average Bonchev–Trinajstić information content (AvgIpc) is 2.86. The van der Waals surface area contributed by atoms with Crippen LogP contribution in [-0.2, 0) is 4.74 Å². The Morgan fingerprint density at radius 2 is 1.94 bits per heavy atom. The predicted octanol–water partition coefficient (Wildman–Crippen LogP) is 3.75. The second-order valence-electron chi connectivity index (χ2n) is 8.33. The maximum absolute atomic E-state index is 12.6. The maximum atomic E-state index is 12.6. The minimum atomic E-state index is -0.190. The first-order chi connectivity index (χ1) is 16.7. The molecule has 4 heterocycles. The molecule has 34 heavy (non-hydrogen) atoms. The van der Waals surface area contributed by atoms with Gasteiger partial charge in [0.25, 0.3) is 5.56 Å². The topological polar surface area (TPSA) is 92.4 Å². The van der Waals surface area contributed by atoms with Gasteiger partial charge in [-0.1, -0.05) is 0 Å². The van der Waals surface area contributed by atoms with Gasteiger partial charge in [-0.3, -0.25) is 14.7 Å². The molecule has 5 rings (SSSR count). The van der Waals surface area contributed by atoms with Crippen LogP contribution in [0.4, 0.5) is 11.5 Å². The minimum absolute atomic E-state index is 0.190. The molecule has 0 amide bonds.